The molecule has 19 heavy (non-hydrogen) atoms. The van der Waals surface area contributed by atoms with Gasteiger partial charge in [0.05, 0.1) is 5.04 Å². The maximum absolute atomic E-state index is 12.6. The minimum absolute atomic E-state index is 0.0341. The molecule has 1 aromatic carbocycles. The van der Waals surface area contributed by atoms with Gasteiger partial charge in [0.15, 0.2) is 0 Å². The van der Waals surface area contributed by atoms with Gasteiger partial charge in [0.1, 0.15) is 5.75 Å². The number of esters is 1. The van der Waals surface area contributed by atoms with Crippen LogP contribution in [0.2, 0.25) is 5.04 Å². The zero-order valence-electron chi connectivity index (χ0n) is 12.6. The van der Waals surface area contributed by atoms with E-state index in [-0.39, 0.29) is 11.0 Å². The summed E-state index contributed by atoms with van der Waals surface area (Å²) in [5.74, 6) is 1.08. The summed E-state index contributed by atoms with van der Waals surface area (Å²) in [6.07, 6.45) is 4.16. The van der Waals surface area contributed by atoms with Crippen molar-refractivity contribution in [3.8, 4) is 5.75 Å². The van der Waals surface area contributed by atoms with Crippen molar-refractivity contribution >= 4 is 16.2 Å². The molecule has 2 atom stereocenters. The fourth-order valence-corrected chi connectivity index (χ4v) is 3.43. The van der Waals surface area contributed by atoms with Crippen molar-refractivity contribution in [3.05, 3.63) is 30.3 Å². The van der Waals surface area contributed by atoms with Crippen LogP contribution in [0.15, 0.2) is 30.3 Å². The van der Waals surface area contributed by atoms with E-state index >= 15 is 0 Å². The molecule has 2 unspecified atom stereocenters. The van der Waals surface area contributed by atoms with Gasteiger partial charge in [-0.3, -0.25) is 4.79 Å². The zero-order chi connectivity index (χ0) is 14.3. The van der Waals surface area contributed by atoms with Crippen molar-refractivity contribution in [1.29, 1.82) is 0 Å². The Morgan fingerprint density at radius 1 is 1.26 bits per heavy atom. The standard InChI is InChI=1S/C16H26O2Si/c1-4-10-13(5-2)16(19,6-3)15(17)18-14-11-8-7-9-12-14/h7-9,11-13H,4-6,10H2,1-3,19H3. The molecule has 0 N–H and O–H groups in total. The molecule has 1 aromatic rings. The highest BCUT2D eigenvalue weighted by atomic mass is 28.1. The van der Waals surface area contributed by atoms with Gasteiger partial charge in [0.25, 0.3) is 0 Å². The lowest BCUT2D eigenvalue weighted by Crippen LogP contribution is -2.35. The number of rotatable bonds is 7. The van der Waals surface area contributed by atoms with Crippen LogP contribution in [0.5, 0.6) is 5.75 Å². The molecule has 0 bridgehead atoms. The highest BCUT2D eigenvalue weighted by molar-refractivity contribution is 6.27. The van der Waals surface area contributed by atoms with Crippen LogP contribution in [0, 0.1) is 5.92 Å². The van der Waals surface area contributed by atoms with Gasteiger partial charge in [-0.05, 0) is 30.9 Å². The summed E-state index contributed by atoms with van der Waals surface area (Å²) in [6, 6.07) is 9.41. The molecule has 0 fully saturated rings. The first-order valence-corrected chi connectivity index (χ1v) is 8.35. The first-order valence-electron chi connectivity index (χ1n) is 7.35. The molecule has 0 amide bonds. The molecule has 0 radical (unpaired) electrons. The van der Waals surface area contributed by atoms with Crippen LogP contribution in [0.1, 0.15) is 46.5 Å². The van der Waals surface area contributed by atoms with Crippen LogP contribution >= 0.6 is 0 Å². The molecule has 0 saturated heterocycles. The lowest BCUT2D eigenvalue weighted by atomic mass is 9.83. The highest BCUT2D eigenvalue weighted by Gasteiger charge is 2.39. The second kappa shape index (κ2) is 7.48. The topological polar surface area (TPSA) is 26.3 Å². The Labute approximate surface area is 120 Å². The molecular weight excluding hydrogens is 252 g/mol. The number of carbonyl (C=O) groups is 1. The van der Waals surface area contributed by atoms with E-state index in [4.69, 9.17) is 4.74 Å². The summed E-state index contributed by atoms with van der Waals surface area (Å²) in [5, 5.41) is -0.249. The Hall–Kier alpha value is -1.09. The minimum Gasteiger partial charge on any atom is -0.426 e. The fraction of sp³-hybridized carbons (Fsp3) is 0.562. The third-order valence-corrected chi connectivity index (χ3v) is 6.12. The largest absolute Gasteiger partial charge is 0.426 e. The molecule has 1 rings (SSSR count). The third kappa shape index (κ3) is 3.93. The van der Waals surface area contributed by atoms with E-state index in [1.54, 1.807) is 0 Å². The normalized spacial score (nSPS) is 15.7. The first kappa shape index (κ1) is 16.0. The van der Waals surface area contributed by atoms with E-state index in [0.29, 0.717) is 11.7 Å². The Morgan fingerprint density at radius 2 is 1.89 bits per heavy atom. The van der Waals surface area contributed by atoms with Gasteiger partial charge in [-0.15, -0.1) is 0 Å². The lowest BCUT2D eigenvalue weighted by molar-refractivity contribution is -0.140. The highest BCUT2D eigenvalue weighted by Crippen LogP contribution is 2.42. The van der Waals surface area contributed by atoms with Crippen molar-refractivity contribution in [2.75, 3.05) is 0 Å². The molecule has 0 saturated carbocycles. The van der Waals surface area contributed by atoms with Gasteiger partial charge < -0.3 is 4.74 Å². The van der Waals surface area contributed by atoms with Crippen LogP contribution in [0.25, 0.3) is 0 Å². The minimum atomic E-state index is -0.249. The van der Waals surface area contributed by atoms with Crippen LogP contribution in [-0.2, 0) is 4.79 Å². The average molecular weight is 278 g/mol. The Bertz CT molecular complexity index is 391. The van der Waals surface area contributed by atoms with E-state index in [9.17, 15) is 4.79 Å². The molecule has 0 heterocycles. The number of para-hydroxylation sites is 1. The SMILES string of the molecule is CCCC(CC)C([SiH3])(CC)C(=O)Oc1ccccc1. The summed E-state index contributed by atoms with van der Waals surface area (Å²) in [7, 11) is 0.846. The number of benzene rings is 1. The number of hydrogen-bond donors (Lipinski definition) is 0. The second-order valence-corrected chi connectivity index (χ2v) is 7.15. The third-order valence-electron chi connectivity index (χ3n) is 4.19. The second-order valence-electron chi connectivity index (χ2n) is 5.37. The average Bonchev–Trinajstić information content (AvgIpc) is 2.44. The van der Waals surface area contributed by atoms with Crippen LogP contribution < -0.4 is 4.74 Å². The predicted octanol–water partition coefficient (Wildman–Crippen LogP) is 3.35. The summed E-state index contributed by atoms with van der Waals surface area (Å²) in [6.45, 7) is 6.47. The van der Waals surface area contributed by atoms with Crippen molar-refractivity contribution in [2.24, 2.45) is 5.92 Å². The predicted molar refractivity (Wildman–Crippen MR) is 83.7 cm³/mol. The maximum atomic E-state index is 12.6. The fourth-order valence-electron chi connectivity index (χ4n) is 2.63. The number of hydrogen-bond acceptors (Lipinski definition) is 2. The van der Waals surface area contributed by atoms with Gasteiger partial charge in [-0.2, -0.15) is 0 Å². The number of ether oxygens (including phenoxy) is 1. The molecule has 0 aliphatic carbocycles. The van der Waals surface area contributed by atoms with Crippen LogP contribution in [-0.4, -0.2) is 16.2 Å². The van der Waals surface area contributed by atoms with Gasteiger partial charge >= 0.3 is 5.97 Å². The van der Waals surface area contributed by atoms with E-state index < -0.39 is 0 Å². The van der Waals surface area contributed by atoms with Crippen molar-refractivity contribution in [2.45, 2.75) is 51.5 Å². The van der Waals surface area contributed by atoms with Gasteiger partial charge in [0, 0.05) is 10.2 Å². The summed E-state index contributed by atoms with van der Waals surface area (Å²) >= 11 is 0. The molecule has 0 aromatic heterocycles. The lowest BCUT2D eigenvalue weighted by Gasteiger charge is -2.34. The van der Waals surface area contributed by atoms with Crippen LogP contribution in [0.4, 0.5) is 0 Å². The van der Waals surface area contributed by atoms with Gasteiger partial charge in [-0.1, -0.05) is 51.8 Å². The molecular formula is C16H26O2Si. The molecule has 3 heteroatoms. The van der Waals surface area contributed by atoms with E-state index in [1.165, 1.54) is 0 Å². The first-order chi connectivity index (χ1) is 9.08. The van der Waals surface area contributed by atoms with Gasteiger partial charge in [0.2, 0.25) is 0 Å². The quantitative estimate of drug-likeness (QED) is 0.434. The Morgan fingerprint density at radius 3 is 2.37 bits per heavy atom. The zero-order valence-corrected chi connectivity index (χ0v) is 14.6. The molecule has 106 valence electrons. The monoisotopic (exact) mass is 278 g/mol. The van der Waals surface area contributed by atoms with Crippen LogP contribution in [0.3, 0.4) is 0 Å². The van der Waals surface area contributed by atoms with Gasteiger partial charge in [-0.25, -0.2) is 0 Å². The molecule has 2 nitrogen and oxygen atoms in total. The van der Waals surface area contributed by atoms with Crippen molar-refractivity contribution in [3.63, 3.8) is 0 Å². The van der Waals surface area contributed by atoms with Crippen molar-refractivity contribution < 1.29 is 9.53 Å². The number of carbonyl (C=O) groups excluding carboxylic acids is 1. The van der Waals surface area contributed by atoms with Crippen molar-refractivity contribution in [1.82, 2.24) is 0 Å². The molecule has 0 spiro atoms. The smallest absolute Gasteiger partial charge is 0.313 e. The summed E-state index contributed by atoms with van der Waals surface area (Å²) < 4.78 is 5.60. The molecule has 0 aliphatic heterocycles. The Balaban J connectivity index is 2.85. The Kier molecular flexibility index (Phi) is 6.29. The molecule has 0 aliphatic rings. The van der Waals surface area contributed by atoms with E-state index in [2.05, 4.69) is 20.8 Å². The van der Waals surface area contributed by atoms with E-state index in [1.807, 2.05) is 30.3 Å². The maximum Gasteiger partial charge on any atom is 0.313 e. The van der Waals surface area contributed by atoms with E-state index in [0.717, 1.165) is 35.9 Å². The summed E-state index contributed by atoms with van der Waals surface area (Å²) in [5.41, 5.74) is 0. The summed E-state index contributed by atoms with van der Waals surface area (Å²) in [4.78, 5) is 12.6.